The van der Waals surface area contributed by atoms with Crippen molar-refractivity contribution in [2.24, 2.45) is 5.92 Å². The lowest BCUT2D eigenvalue weighted by atomic mass is 10.2. The highest BCUT2D eigenvalue weighted by molar-refractivity contribution is 7.58. The summed E-state index contributed by atoms with van der Waals surface area (Å²) in [6.07, 6.45) is -0.590. The lowest BCUT2D eigenvalue weighted by molar-refractivity contribution is -0.148. The molecule has 2 unspecified atom stereocenters. The van der Waals surface area contributed by atoms with Gasteiger partial charge in [-0.1, -0.05) is 37.3 Å². The summed E-state index contributed by atoms with van der Waals surface area (Å²) < 4.78 is 21.8. The number of aliphatic hydroxyl groups is 1. The Morgan fingerprint density at radius 3 is 2.53 bits per heavy atom. The Bertz CT molecular complexity index is 438. The molecule has 0 saturated carbocycles. The van der Waals surface area contributed by atoms with E-state index in [0.717, 1.165) is 5.56 Å². The predicted molar refractivity (Wildman–Crippen MR) is 72.0 cm³/mol. The third kappa shape index (κ3) is 5.15. The van der Waals surface area contributed by atoms with E-state index in [9.17, 15) is 9.36 Å². The van der Waals surface area contributed by atoms with Gasteiger partial charge in [0.25, 0.3) is 0 Å². The Labute approximate surface area is 113 Å². The molecule has 0 bridgehead atoms. The lowest BCUT2D eigenvalue weighted by Crippen LogP contribution is -2.19. The summed E-state index contributed by atoms with van der Waals surface area (Å²) in [7, 11) is -1.87. The van der Waals surface area contributed by atoms with Gasteiger partial charge in [-0.15, -0.1) is 0 Å². The first-order chi connectivity index (χ1) is 9.00. The van der Waals surface area contributed by atoms with Crippen LogP contribution in [-0.4, -0.2) is 30.7 Å². The van der Waals surface area contributed by atoms with Gasteiger partial charge in [0.05, 0.1) is 5.92 Å². The van der Waals surface area contributed by atoms with E-state index < -0.39 is 25.6 Å². The summed E-state index contributed by atoms with van der Waals surface area (Å²) in [6.45, 7) is 1.79. The Hall–Kier alpha value is -1.16. The van der Waals surface area contributed by atoms with E-state index in [1.165, 1.54) is 7.11 Å². The van der Waals surface area contributed by atoms with E-state index in [1.807, 2.05) is 30.3 Å². The second-order valence-corrected chi connectivity index (χ2v) is 6.96. The summed E-state index contributed by atoms with van der Waals surface area (Å²) in [5.74, 6) is -1.03. The van der Waals surface area contributed by atoms with Crippen LogP contribution in [0.4, 0.5) is 0 Å². The van der Waals surface area contributed by atoms with E-state index in [-0.39, 0.29) is 12.8 Å². The third-order valence-electron chi connectivity index (χ3n) is 2.73. The van der Waals surface area contributed by atoms with Gasteiger partial charge in [0, 0.05) is 13.3 Å². The summed E-state index contributed by atoms with van der Waals surface area (Å²) in [6, 6.07) is 9.30. The molecule has 0 aliphatic carbocycles. The maximum atomic E-state index is 11.9. The fraction of sp³-hybridized carbons (Fsp3) is 0.462. The molecule has 0 heterocycles. The van der Waals surface area contributed by atoms with Crippen LogP contribution in [0.15, 0.2) is 30.3 Å². The average Bonchev–Trinajstić information content (AvgIpc) is 2.45. The number of benzene rings is 1. The number of carbonyl (C=O) groups is 1. The highest BCUT2D eigenvalue weighted by Crippen LogP contribution is 2.46. The fourth-order valence-corrected chi connectivity index (χ4v) is 2.92. The zero-order chi connectivity index (χ0) is 14.3. The molecule has 0 amide bonds. The molecule has 0 aromatic heterocycles. The lowest BCUT2D eigenvalue weighted by Gasteiger charge is -2.17. The number of rotatable bonds is 7. The molecule has 5 nitrogen and oxygen atoms in total. The molecule has 19 heavy (non-hydrogen) atoms. The second-order valence-electron chi connectivity index (χ2n) is 4.32. The van der Waals surface area contributed by atoms with Crippen molar-refractivity contribution in [3.8, 4) is 0 Å². The minimum Gasteiger partial charge on any atom is -0.461 e. The van der Waals surface area contributed by atoms with Crippen LogP contribution in [0.1, 0.15) is 12.5 Å². The van der Waals surface area contributed by atoms with E-state index in [2.05, 4.69) is 0 Å². The molecule has 6 heteroatoms. The highest BCUT2D eigenvalue weighted by atomic mass is 31.2. The molecular formula is C13H19O5P. The third-order valence-corrected chi connectivity index (χ3v) is 4.93. The molecule has 1 N–H and O–H groups in total. The maximum absolute atomic E-state index is 11.9. The molecule has 1 aromatic carbocycles. The van der Waals surface area contributed by atoms with Gasteiger partial charge in [0.15, 0.2) is 0 Å². The van der Waals surface area contributed by atoms with Crippen molar-refractivity contribution in [2.75, 3.05) is 19.6 Å². The molecule has 1 aromatic rings. The molecule has 0 saturated heterocycles. The van der Waals surface area contributed by atoms with Crippen molar-refractivity contribution in [2.45, 2.75) is 13.5 Å². The van der Waals surface area contributed by atoms with Crippen LogP contribution >= 0.6 is 7.37 Å². The predicted octanol–water partition coefficient (Wildman–Crippen LogP) is 2.24. The first kappa shape index (κ1) is 15.9. The van der Waals surface area contributed by atoms with E-state index >= 15 is 0 Å². The topological polar surface area (TPSA) is 72.8 Å². The van der Waals surface area contributed by atoms with Gasteiger partial charge in [0.1, 0.15) is 13.0 Å². The number of hydrogen-bond donors (Lipinski definition) is 1. The molecule has 0 spiro atoms. The quantitative estimate of drug-likeness (QED) is 0.614. The Kier molecular flexibility index (Phi) is 6.22. The molecule has 2 atom stereocenters. The first-order valence-electron chi connectivity index (χ1n) is 5.96. The first-order valence-corrected chi connectivity index (χ1v) is 7.95. The van der Waals surface area contributed by atoms with Crippen LogP contribution in [0.3, 0.4) is 0 Å². The average molecular weight is 286 g/mol. The van der Waals surface area contributed by atoms with Gasteiger partial charge in [-0.25, -0.2) is 0 Å². The molecule has 0 radical (unpaired) electrons. The van der Waals surface area contributed by atoms with Crippen LogP contribution in [0.25, 0.3) is 0 Å². The number of ether oxygens (including phenoxy) is 1. The van der Waals surface area contributed by atoms with Crippen molar-refractivity contribution in [3.05, 3.63) is 35.9 Å². The van der Waals surface area contributed by atoms with Crippen LogP contribution in [-0.2, 0) is 25.2 Å². The number of esters is 1. The van der Waals surface area contributed by atoms with E-state index in [4.69, 9.17) is 14.4 Å². The maximum Gasteiger partial charge on any atom is 0.309 e. The summed E-state index contributed by atoms with van der Waals surface area (Å²) >= 11 is 0. The minimum atomic E-state index is -3.13. The largest absolute Gasteiger partial charge is 0.461 e. The van der Waals surface area contributed by atoms with Crippen molar-refractivity contribution < 1.29 is 23.7 Å². The van der Waals surface area contributed by atoms with Gasteiger partial charge in [-0.05, 0) is 5.56 Å². The van der Waals surface area contributed by atoms with E-state index in [1.54, 1.807) is 6.92 Å². The molecule has 0 fully saturated rings. The standard InChI is InChI=1S/C13H19O5P/c1-11(9-19(16,10-14)17-2)13(15)18-8-12-6-4-3-5-7-12/h3-7,11,14H,8-10H2,1-2H3. The van der Waals surface area contributed by atoms with Crippen LogP contribution in [0, 0.1) is 5.92 Å². The van der Waals surface area contributed by atoms with Crippen molar-refractivity contribution in [1.29, 1.82) is 0 Å². The van der Waals surface area contributed by atoms with Gasteiger partial charge in [-0.3, -0.25) is 9.36 Å². The van der Waals surface area contributed by atoms with Gasteiger partial charge < -0.3 is 14.4 Å². The fourth-order valence-electron chi connectivity index (χ4n) is 1.55. The Morgan fingerprint density at radius 2 is 2.00 bits per heavy atom. The minimum absolute atomic E-state index is 0.0202. The van der Waals surface area contributed by atoms with Gasteiger partial charge >= 0.3 is 5.97 Å². The number of hydrogen-bond acceptors (Lipinski definition) is 5. The van der Waals surface area contributed by atoms with Crippen molar-refractivity contribution in [1.82, 2.24) is 0 Å². The SMILES string of the molecule is COP(=O)(CO)CC(C)C(=O)OCc1ccccc1. The van der Waals surface area contributed by atoms with E-state index in [0.29, 0.717) is 0 Å². The molecule has 1 rings (SSSR count). The Balaban J connectivity index is 2.47. The summed E-state index contributed by atoms with van der Waals surface area (Å²) in [5, 5.41) is 8.98. The second kappa shape index (κ2) is 7.43. The van der Waals surface area contributed by atoms with Gasteiger partial charge in [0.2, 0.25) is 7.37 Å². The smallest absolute Gasteiger partial charge is 0.309 e. The normalized spacial score (nSPS) is 15.5. The number of carbonyl (C=O) groups excluding carboxylic acids is 1. The molecule has 0 aliphatic rings. The molecular weight excluding hydrogens is 267 g/mol. The van der Waals surface area contributed by atoms with Gasteiger partial charge in [-0.2, -0.15) is 0 Å². The number of aliphatic hydroxyl groups excluding tert-OH is 1. The monoisotopic (exact) mass is 286 g/mol. The summed E-state index contributed by atoms with van der Waals surface area (Å²) in [5.41, 5.74) is 0.889. The van der Waals surface area contributed by atoms with Crippen LogP contribution in [0.2, 0.25) is 0 Å². The van der Waals surface area contributed by atoms with Crippen LogP contribution in [0.5, 0.6) is 0 Å². The molecule has 0 aliphatic heterocycles. The Morgan fingerprint density at radius 1 is 1.37 bits per heavy atom. The summed E-state index contributed by atoms with van der Waals surface area (Å²) in [4.78, 5) is 11.7. The zero-order valence-electron chi connectivity index (χ0n) is 11.1. The highest BCUT2D eigenvalue weighted by Gasteiger charge is 2.28. The van der Waals surface area contributed by atoms with Crippen LogP contribution < -0.4 is 0 Å². The van der Waals surface area contributed by atoms with Crippen molar-refractivity contribution >= 4 is 13.3 Å². The molecule has 106 valence electrons. The van der Waals surface area contributed by atoms with Crippen molar-refractivity contribution in [3.63, 3.8) is 0 Å². The zero-order valence-corrected chi connectivity index (χ0v) is 12.0.